The molecule has 3 aromatic rings. The molecule has 0 bridgehead atoms. The van der Waals surface area contributed by atoms with E-state index >= 15 is 0 Å². The van der Waals surface area contributed by atoms with Crippen LogP contribution in [0.2, 0.25) is 0 Å². The van der Waals surface area contributed by atoms with Crippen molar-refractivity contribution in [1.29, 1.82) is 0 Å². The van der Waals surface area contributed by atoms with E-state index in [9.17, 15) is 0 Å². The Morgan fingerprint density at radius 3 is 1.88 bits per heavy atom. The van der Waals surface area contributed by atoms with Crippen LogP contribution in [0.1, 0.15) is 29.2 Å². The maximum absolute atomic E-state index is 6.27. The number of nitrogens with two attached hydrogens (primary N) is 1. The maximum Gasteiger partial charge on any atom is 0.119 e. The summed E-state index contributed by atoms with van der Waals surface area (Å²) in [6.07, 6.45) is 0.789. The molecule has 134 valence electrons. The van der Waals surface area contributed by atoms with E-state index in [2.05, 4.69) is 24.3 Å². The van der Waals surface area contributed by atoms with Gasteiger partial charge in [-0.2, -0.15) is 0 Å². The highest BCUT2D eigenvalue weighted by molar-refractivity contribution is 5.29. The molecular formula is C23H25NO2. The number of ether oxygens (including phenoxy) is 2. The standard InChI is InChI=1S/C23H25NO2/c24-23(15-16-25-17-19-7-3-1-4-8-19)21-11-13-22(14-12-21)26-18-20-9-5-2-6-10-20/h1-14,23H,15-18,24H2. The lowest BCUT2D eigenvalue weighted by atomic mass is 10.1. The Kier molecular flexibility index (Phi) is 6.82. The average Bonchev–Trinajstić information content (AvgIpc) is 2.71. The first-order valence-electron chi connectivity index (χ1n) is 8.95. The van der Waals surface area contributed by atoms with Crippen LogP contribution in [0.5, 0.6) is 5.75 Å². The van der Waals surface area contributed by atoms with Gasteiger partial charge in [0, 0.05) is 12.6 Å². The van der Waals surface area contributed by atoms with Gasteiger partial charge >= 0.3 is 0 Å². The van der Waals surface area contributed by atoms with Gasteiger partial charge < -0.3 is 15.2 Å². The molecule has 0 aliphatic heterocycles. The highest BCUT2D eigenvalue weighted by Crippen LogP contribution is 2.19. The number of hydrogen-bond donors (Lipinski definition) is 1. The third-order valence-electron chi connectivity index (χ3n) is 4.24. The van der Waals surface area contributed by atoms with Crippen LogP contribution < -0.4 is 10.5 Å². The molecular weight excluding hydrogens is 322 g/mol. The Morgan fingerprint density at radius 1 is 0.692 bits per heavy atom. The minimum Gasteiger partial charge on any atom is -0.489 e. The molecule has 0 radical (unpaired) electrons. The lowest BCUT2D eigenvalue weighted by Crippen LogP contribution is -2.13. The molecule has 0 spiro atoms. The first kappa shape index (κ1) is 18.2. The van der Waals surface area contributed by atoms with Crippen molar-refractivity contribution in [3.8, 4) is 5.75 Å². The summed E-state index contributed by atoms with van der Waals surface area (Å²) >= 11 is 0. The van der Waals surface area contributed by atoms with E-state index in [1.54, 1.807) is 0 Å². The molecule has 26 heavy (non-hydrogen) atoms. The van der Waals surface area contributed by atoms with Crippen LogP contribution >= 0.6 is 0 Å². The zero-order valence-electron chi connectivity index (χ0n) is 14.9. The van der Waals surface area contributed by atoms with Gasteiger partial charge in [-0.25, -0.2) is 0 Å². The van der Waals surface area contributed by atoms with Crippen molar-refractivity contribution < 1.29 is 9.47 Å². The molecule has 0 heterocycles. The van der Waals surface area contributed by atoms with Crippen LogP contribution in [-0.2, 0) is 18.0 Å². The van der Waals surface area contributed by atoms with E-state index in [-0.39, 0.29) is 6.04 Å². The molecule has 0 saturated carbocycles. The van der Waals surface area contributed by atoms with Crippen LogP contribution in [0.3, 0.4) is 0 Å². The lowest BCUT2D eigenvalue weighted by Gasteiger charge is -2.13. The summed E-state index contributed by atoms with van der Waals surface area (Å²) < 4.78 is 11.5. The minimum absolute atomic E-state index is 0.0334. The molecule has 3 rings (SSSR count). The SMILES string of the molecule is NC(CCOCc1ccccc1)c1ccc(OCc2ccccc2)cc1. The Labute approximate surface area is 155 Å². The van der Waals surface area contributed by atoms with Gasteiger partial charge in [-0.15, -0.1) is 0 Å². The summed E-state index contributed by atoms with van der Waals surface area (Å²) in [4.78, 5) is 0. The average molecular weight is 347 g/mol. The summed E-state index contributed by atoms with van der Waals surface area (Å²) in [6.45, 7) is 1.84. The smallest absolute Gasteiger partial charge is 0.119 e. The van der Waals surface area contributed by atoms with Gasteiger partial charge in [0.15, 0.2) is 0 Å². The van der Waals surface area contributed by atoms with Crippen molar-refractivity contribution in [2.45, 2.75) is 25.7 Å². The molecule has 3 nitrogen and oxygen atoms in total. The largest absolute Gasteiger partial charge is 0.489 e. The van der Waals surface area contributed by atoms with Gasteiger partial charge in [-0.05, 0) is 35.2 Å². The first-order chi connectivity index (χ1) is 12.8. The van der Waals surface area contributed by atoms with Crippen molar-refractivity contribution in [1.82, 2.24) is 0 Å². The molecule has 1 atom stereocenters. The van der Waals surface area contributed by atoms with Crippen LogP contribution in [-0.4, -0.2) is 6.61 Å². The quantitative estimate of drug-likeness (QED) is 0.562. The van der Waals surface area contributed by atoms with Crippen molar-refractivity contribution in [2.75, 3.05) is 6.61 Å². The minimum atomic E-state index is -0.0334. The van der Waals surface area contributed by atoms with E-state index in [0.29, 0.717) is 19.8 Å². The van der Waals surface area contributed by atoms with E-state index < -0.39 is 0 Å². The number of benzene rings is 3. The summed E-state index contributed by atoms with van der Waals surface area (Å²) in [5, 5.41) is 0. The molecule has 0 aromatic heterocycles. The van der Waals surface area contributed by atoms with Gasteiger partial charge in [-0.1, -0.05) is 72.8 Å². The summed E-state index contributed by atoms with van der Waals surface area (Å²) in [5.74, 6) is 0.852. The predicted molar refractivity (Wildman–Crippen MR) is 105 cm³/mol. The maximum atomic E-state index is 6.27. The zero-order chi connectivity index (χ0) is 18.0. The number of rotatable bonds is 9. The van der Waals surface area contributed by atoms with Crippen LogP contribution in [0.4, 0.5) is 0 Å². The normalized spacial score (nSPS) is 11.9. The van der Waals surface area contributed by atoms with E-state index in [4.69, 9.17) is 15.2 Å². The van der Waals surface area contributed by atoms with Gasteiger partial charge in [0.05, 0.1) is 6.61 Å². The highest BCUT2D eigenvalue weighted by Gasteiger charge is 2.06. The van der Waals surface area contributed by atoms with Crippen molar-refractivity contribution in [3.63, 3.8) is 0 Å². The fourth-order valence-electron chi connectivity index (χ4n) is 2.69. The monoisotopic (exact) mass is 347 g/mol. The molecule has 3 aromatic carbocycles. The summed E-state index contributed by atoms with van der Waals surface area (Å²) in [6, 6.07) is 28.3. The van der Waals surface area contributed by atoms with Gasteiger partial charge in [-0.3, -0.25) is 0 Å². The first-order valence-corrected chi connectivity index (χ1v) is 8.95. The molecule has 0 aliphatic carbocycles. The van der Waals surface area contributed by atoms with Crippen LogP contribution in [0.15, 0.2) is 84.9 Å². The fraction of sp³-hybridized carbons (Fsp3) is 0.217. The van der Waals surface area contributed by atoms with Gasteiger partial charge in [0.2, 0.25) is 0 Å². The van der Waals surface area contributed by atoms with Crippen molar-refractivity contribution >= 4 is 0 Å². The van der Waals surface area contributed by atoms with Crippen molar-refractivity contribution in [3.05, 3.63) is 102 Å². The molecule has 0 amide bonds. The second-order valence-electron chi connectivity index (χ2n) is 6.28. The van der Waals surface area contributed by atoms with Gasteiger partial charge in [0.25, 0.3) is 0 Å². The second-order valence-corrected chi connectivity index (χ2v) is 6.28. The third kappa shape index (κ3) is 5.73. The van der Waals surface area contributed by atoms with Crippen LogP contribution in [0, 0.1) is 0 Å². The molecule has 3 heteroatoms. The molecule has 2 N–H and O–H groups in total. The van der Waals surface area contributed by atoms with Crippen molar-refractivity contribution in [2.24, 2.45) is 5.73 Å². The second kappa shape index (κ2) is 9.76. The van der Waals surface area contributed by atoms with E-state index in [1.807, 2.05) is 60.7 Å². The predicted octanol–water partition coefficient (Wildman–Crippen LogP) is 4.87. The highest BCUT2D eigenvalue weighted by atomic mass is 16.5. The Bertz CT molecular complexity index is 757. The molecule has 1 unspecified atom stereocenters. The lowest BCUT2D eigenvalue weighted by molar-refractivity contribution is 0.114. The molecule has 0 fully saturated rings. The zero-order valence-corrected chi connectivity index (χ0v) is 14.9. The fourth-order valence-corrected chi connectivity index (χ4v) is 2.69. The topological polar surface area (TPSA) is 44.5 Å². The van der Waals surface area contributed by atoms with E-state index in [0.717, 1.165) is 23.3 Å². The van der Waals surface area contributed by atoms with Crippen LogP contribution in [0.25, 0.3) is 0 Å². The summed E-state index contributed by atoms with van der Waals surface area (Å²) in [7, 11) is 0. The Hall–Kier alpha value is -2.62. The van der Waals surface area contributed by atoms with E-state index in [1.165, 1.54) is 5.56 Å². The molecule has 0 aliphatic rings. The molecule has 0 saturated heterocycles. The Morgan fingerprint density at radius 2 is 1.27 bits per heavy atom. The Balaban J connectivity index is 1.41. The third-order valence-corrected chi connectivity index (χ3v) is 4.24. The number of hydrogen-bond acceptors (Lipinski definition) is 3. The van der Waals surface area contributed by atoms with Gasteiger partial charge in [0.1, 0.15) is 12.4 Å². The summed E-state index contributed by atoms with van der Waals surface area (Å²) in [5.41, 5.74) is 9.70.